The third-order valence-corrected chi connectivity index (χ3v) is 7.55. The summed E-state index contributed by atoms with van der Waals surface area (Å²) in [5.74, 6) is -0.312. The Labute approximate surface area is 193 Å². The van der Waals surface area contributed by atoms with Gasteiger partial charge in [-0.25, -0.2) is 18.1 Å². The summed E-state index contributed by atoms with van der Waals surface area (Å²) in [6.45, 7) is -0.180. The molecule has 4 rings (SSSR count). The van der Waals surface area contributed by atoms with Crippen LogP contribution < -0.4 is 10.0 Å². The van der Waals surface area contributed by atoms with Crippen molar-refractivity contribution in [1.29, 1.82) is 0 Å². The van der Waals surface area contributed by atoms with Gasteiger partial charge in [0.1, 0.15) is 12.0 Å². The molecule has 0 saturated heterocycles. The van der Waals surface area contributed by atoms with Gasteiger partial charge in [-0.15, -0.1) is 0 Å². The van der Waals surface area contributed by atoms with Crippen molar-refractivity contribution in [2.24, 2.45) is 5.92 Å². The van der Waals surface area contributed by atoms with E-state index in [-0.39, 0.29) is 29.4 Å². The van der Waals surface area contributed by atoms with Crippen molar-refractivity contribution in [1.82, 2.24) is 15.0 Å². The highest BCUT2D eigenvalue weighted by atomic mass is 32.2. The molecule has 1 heterocycles. The largest absolute Gasteiger partial charge is 0.451 e. The maximum Gasteiger partial charge on any atom is 0.240 e. The number of aromatic nitrogens is 1. The second-order valence-electron chi connectivity index (χ2n) is 8.22. The van der Waals surface area contributed by atoms with Gasteiger partial charge in [0.15, 0.2) is 6.39 Å². The Morgan fingerprint density at radius 1 is 1.06 bits per heavy atom. The minimum absolute atomic E-state index is 0.109. The first-order chi connectivity index (χ1) is 16.0. The third-order valence-electron chi connectivity index (χ3n) is 6.01. The Bertz CT molecular complexity index is 1140. The van der Waals surface area contributed by atoms with Gasteiger partial charge in [-0.2, -0.15) is 0 Å². The molecule has 1 amide bonds. The number of sulfonamides is 1. The first kappa shape index (κ1) is 23.2. The minimum atomic E-state index is -3.67. The molecule has 1 fully saturated rings. The highest BCUT2D eigenvalue weighted by Gasteiger charge is 2.30. The smallest absolute Gasteiger partial charge is 0.240 e. The number of oxazole rings is 1. The van der Waals surface area contributed by atoms with Crippen LogP contribution >= 0.6 is 0 Å². The van der Waals surface area contributed by atoms with E-state index in [0.29, 0.717) is 31.4 Å². The fourth-order valence-corrected chi connectivity index (χ4v) is 5.44. The molecule has 2 aromatic carbocycles. The average Bonchev–Trinajstić information content (AvgIpc) is 3.38. The number of aliphatic hydroxyl groups excluding tert-OH is 1. The number of carbonyl (C=O) groups excluding carboxylic acids is 1. The molecule has 9 heteroatoms. The highest BCUT2D eigenvalue weighted by Crippen LogP contribution is 2.27. The number of carbonyl (C=O) groups is 1. The maximum atomic E-state index is 12.8. The van der Waals surface area contributed by atoms with Crippen LogP contribution in [-0.2, 0) is 14.8 Å². The van der Waals surface area contributed by atoms with Crippen molar-refractivity contribution in [2.45, 2.75) is 42.7 Å². The molecule has 8 nitrogen and oxygen atoms in total. The second-order valence-corrected chi connectivity index (χ2v) is 9.94. The number of amides is 1. The molecule has 174 valence electrons. The molecule has 1 aromatic heterocycles. The standard InChI is InChI=1S/C24H27N3O5S/c28-14-22(17-4-2-1-3-5-17)26-24(29)19-6-10-20(11-7-19)27-33(30,31)21-12-8-18(9-13-21)23-15-32-16-25-23/h1-5,8-9,12-13,15-16,19-20,22,27-28H,6-7,10-11,14H2,(H,26,29). The van der Waals surface area contributed by atoms with E-state index in [1.54, 1.807) is 24.3 Å². The summed E-state index contributed by atoms with van der Waals surface area (Å²) in [4.78, 5) is 16.9. The Balaban J connectivity index is 1.31. The lowest BCUT2D eigenvalue weighted by Crippen LogP contribution is -2.42. The molecule has 3 N–H and O–H groups in total. The van der Waals surface area contributed by atoms with Crippen LogP contribution in [0.15, 0.2) is 76.6 Å². The van der Waals surface area contributed by atoms with E-state index in [0.717, 1.165) is 11.1 Å². The topological polar surface area (TPSA) is 122 Å². The zero-order chi connectivity index (χ0) is 23.3. The fraction of sp³-hybridized carbons (Fsp3) is 0.333. The molecule has 0 bridgehead atoms. The van der Waals surface area contributed by atoms with Gasteiger partial charge in [-0.05, 0) is 43.4 Å². The Morgan fingerprint density at radius 3 is 2.36 bits per heavy atom. The molecule has 0 aliphatic heterocycles. The molecular weight excluding hydrogens is 442 g/mol. The fourth-order valence-electron chi connectivity index (χ4n) is 4.13. The summed E-state index contributed by atoms with van der Waals surface area (Å²) in [5.41, 5.74) is 2.26. The average molecular weight is 470 g/mol. The molecular formula is C24H27N3O5S. The van der Waals surface area contributed by atoms with Gasteiger partial charge in [0.25, 0.3) is 0 Å². The molecule has 1 saturated carbocycles. The first-order valence-corrected chi connectivity index (χ1v) is 12.4. The SMILES string of the molecule is O=C(NC(CO)c1ccccc1)C1CCC(NS(=O)(=O)c2ccc(-c3cocn3)cc2)CC1. The number of nitrogens with zero attached hydrogens (tertiary/aromatic N) is 1. The van der Waals surface area contributed by atoms with E-state index in [9.17, 15) is 18.3 Å². The normalized spacial score (nSPS) is 19.7. The van der Waals surface area contributed by atoms with E-state index in [2.05, 4.69) is 15.0 Å². The van der Waals surface area contributed by atoms with Gasteiger partial charge in [0.2, 0.25) is 15.9 Å². The zero-order valence-electron chi connectivity index (χ0n) is 18.1. The maximum absolute atomic E-state index is 12.8. The monoisotopic (exact) mass is 469 g/mol. The zero-order valence-corrected chi connectivity index (χ0v) is 18.9. The molecule has 1 aliphatic rings. The van der Waals surface area contributed by atoms with Crippen molar-refractivity contribution in [3.63, 3.8) is 0 Å². The van der Waals surface area contributed by atoms with Gasteiger partial charge >= 0.3 is 0 Å². The Morgan fingerprint density at radius 2 is 1.76 bits per heavy atom. The lowest BCUT2D eigenvalue weighted by Gasteiger charge is -2.29. The molecule has 1 unspecified atom stereocenters. The highest BCUT2D eigenvalue weighted by molar-refractivity contribution is 7.89. The number of hydrogen-bond donors (Lipinski definition) is 3. The van der Waals surface area contributed by atoms with Gasteiger partial charge < -0.3 is 14.8 Å². The summed E-state index contributed by atoms with van der Waals surface area (Å²) in [7, 11) is -3.67. The molecule has 1 aliphatic carbocycles. The molecule has 0 radical (unpaired) electrons. The quantitative estimate of drug-likeness (QED) is 0.466. The molecule has 1 atom stereocenters. The van der Waals surface area contributed by atoms with Crippen molar-refractivity contribution in [3.05, 3.63) is 72.8 Å². The van der Waals surface area contributed by atoms with Gasteiger partial charge in [0.05, 0.1) is 17.5 Å². The van der Waals surface area contributed by atoms with Crippen LogP contribution in [-0.4, -0.2) is 37.1 Å². The number of nitrogens with one attached hydrogen (secondary N) is 2. The summed E-state index contributed by atoms with van der Waals surface area (Å²) in [6, 6.07) is 15.1. The van der Waals surface area contributed by atoms with Crippen LogP contribution in [0.4, 0.5) is 0 Å². The lowest BCUT2D eigenvalue weighted by molar-refractivity contribution is -0.127. The predicted octanol–water partition coefficient (Wildman–Crippen LogP) is 3.03. The van der Waals surface area contributed by atoms with Crippen molar-refractivity contribution in [3.8, 4) is 11.3 Å². The van der Waals surface area contributed by atoms with E-state index in [1.165, 1.54) is 12.7 Å². The molecule has 33 heavy (non-hydrogen) atoms. The minimum Gasteiger partial charge on any atom is -0.451 e. The molecule has 0 spiro atoms. The predicted molar refractivity (Wildman–Crippen MR) is 122 cm³/mol. The van der Waals surface area contributed by atoms with Crippen molar-refractivity contribution < 1.29 is 22.7 Å². The van der Waals surface area contributed by atoms with E-state index >= 15 is 0 Å². The van der Waals surface area contributed by atoms with Crippen LogP contribution in [0.3, 0.4) is 0 Å². The Hall–Kier alpha value is -3.01. The number of benzene rings is 2. The third kappa shape index (κ3) is 5.68. The van der Waals surface area contributed by atoms with Gasteiger partial charge in [-0.3, -0.25) is 4.79 Å². The van der Waals surface area contributed by atoms with Gasteiger partial charge in [0, 0.05) is 17.5 Å². The first-order valence-electron chi connectivity index (χ1n) is 10.9. The summed E-state index contributed by atoms with van der Waals surface area (Å²) >= 11 is 0. The van der Waals surface area contributed by atoms with E-state index in [4.69, 9.17) is 4.42 Å². The van der Waals surface area contributed by atoms with Crippen LogP contribution in [0.1, 0.15) is 37.3 Å². The van der Waals surface area contributed by atoms with E-state index < -0.39 is 16.1 Å². The van der Waals surface area contributed by atoms with Crippen molar-refractivity contribution in [2.75, 3.05) is 6.61 Å². The molecule has 3 aromatic rings. The number of rotatable bonds is 8. The van der Waals surface area contributed by atoms with Crippen LogP contribution in [0.5, 0.6) is 0 Å². The van der Waals surface area contributed by atoms with Crippen LogP contribution in [0.25, 0.3) is 11.3 Å². The Kier molecular flexibility index (Phi) is 7.22. The van der Waals surface area contributed by atoms with Crippen LogP contribution in [0.2, 0.25) is 0 Å². The van der Waals surface area contributed by atoms with E-state index in [1.807, 2.05) is 30.3 Å². The van der Waals surface area contributed by atoms with Crippen LogP contribution in [0, 0.1) is 5.92 Å². The van der Waals surface area contributed by atoms with Gasteiger partial charge in [-0.1, -0.05) is 42.5 Å². The summed E-state index contributed by atoms with van der Waals surface area (Å²) < 4.78 is 33.3. The number of hydrogen-bond acceptors (Lipinski definition) is 6. The summed E-state index contributed by atoms with van der Waals surface area (Å²) in [6.07, 6.45) is 5.13. The lowest BCUT2D eigenvalue weighted by atomic mass is 9.85. The van der Waals surface area contributed by atoms with Crippen molar-refractivity contribution >= 4 is 15.9 Å². The second kappa shape index (κ2) is 10.3. The summed E-state index contributed by atoms with van der Waals surface area (Å²) in [5, 5.41) is 12.6. The number of aliphatic hydroxyl groups is 1.